The average molecular weight is 277 g/mol. The van der Waals surface area contributed by atoms with Crippen molar-refractivity contribution in [3.63, 3.8) is 0 Å². The van der Waals surface area contributed by atoms with Crippen LogP contribution < -0.4 is 5.32 Å². The molecule has 0 aromatic carbocycles. The Kier molecular flexibility index (Phi) is 4.46. The smallest absolute Gasteiger partial charge is 0.305 e. The van der Waals surface area contributed by atoms with Crippen molar-refractivity contribution in [3.8, 4) is 0 Å². The van der Waals surface area contributed by atoms with Gasteiger partial charge < -0.3 is 10.1 Å². The van der Waals surface area contributed by atoms with Crippen molar-refractivity contribution in [1.29, 1.82) is 0 Å². The first-order valence-corrected chi connectivity index (χ1v) is 6.75. The summed E-state index contributed by atoms with van der Waals surface area (Å²) in [7, 11) is 1.39. The lowest BCUT2D eigenvalue weighted by molar-refractivity contribution is -0.140. The molecule has 2 rings (SSSR count). The van der Waals surface area contributed by atoms with Crippen LogP contribution in [0.2, 0.25) is 0 Å². The van der Waals surface area contributed by atoms with Gasteiger partial charge in [-0.3, -0.25) is 9.78 Å². The summed E-state index contributed by atoms with van der Waals surface area (Å²) < 4.78 is 4.60. The molecule has 0 bridgehead atoms. The fourth-order valence-corrected chi connectivity index (χ4v) is 2.32. The number of carbonyl (C=O) groups excluding carboxylic acids is 1. The summed E-state index contributed by atoms with van der Waals surface area (Å²) >= 11 is 1.51. The molecule has 0 spiro atoms. The predicted molar refractivity (Wildman–Crippen MR) is 74.7 cm³/mol. The van der Waals surface area contributed by atoms with Crippen molar-refractivity contribution in [2.24, 2.45) is 0 Å². The van der Waals surface area contributed by atoms with E-state index in [2.05, 4.69) is 20.0 Å². The van der Waals surface area contributed by atoms with Crippen molar-refractivity contribution in [3.05, 3.63) is 35.1 Å². The molecule has 0 saturated heterocycles. The molecule has 0 amide bonds. The third kappa shape index (κ3) is 4.03. The number of nitrogens with one attached hydrogen (secondary N) is 1. The number of methoxy groups -OCH3 is 1. The molecule has 1 N–H and O–H groups in total. The number of thiazole rings is 1. The van der Waals surface area contributed by atoms with Gasteiger partial charge in [0, 0.05) is 18.0 Å². The summed E-state index contributed by atoms with van der Waals surface area (Å²) in [5.74, 6) is -0.217. The number of hydrogen-bond donors (Lipinski definition) is 1. The topological polar surface area (TPSA) is 64.1 Å². The molecule has 2 aromatic rings. The van der Waals surface area contributed by atoms with Gasteiger partial charge in [-0.05, 0) is 18.6 Å². The minimum absolute atomic E-state index is 0.217. The number of anilines is 2. The van der Waals surface area contributed by atoms with Crippen LogP contribution in [0.5, 0.6) is 0 Å². The lowest BCUT2D eigenvalue weighted by atomic mass is 10.2. The molecular weight excluding hydrogens is 262 g/mol. The van der Waals surface area contributed by atoms with E-state index in [1.807, 2.05) is 18.4 Å². The number of carbonyl (C=O) groups is 1. The fraction of sp³-hybridized carbons (Fsp3) is 0.308. The second-order valence-electron chi connectivity index (χ2n) is 4.10. The highest BCUT2D eigenvalue weighted by molar-refractivity contribution is 7.13. The number of nitrogens with zero attached hydrogens (tertiary/aromatic N) is 2. The number of aromatic nitrogens is 2. The van der Waals surface area contributed by atoms with Gasteiger partial charge in [0.25, 0.3) is 0 Å². The van der Waals surface area contributed by atoms with E-state index in [-0.39, 0.29) is 5.97 Å². The van der Waals surface area contributed by atoms with Gasteiger partial charge in [-0.1, -0.05) is 0 Å². The lowest BCUT2D eigenvalue weighted by Crippen LogP contribution is -2.02. The molecule has 0 aliphatic carbocycles. The van der Waals surface area contributed by atoms with Crippen molar-refractivity contribution in [1.82, 2.24) is 9.97 Å². The number of hydrogen-bond acceptors (Lipinski definition) is 6. The minimum Gasteiger partial charge on any atom is -0.469 e. The van der Waals surface area contributed by atoms with Crippen LogP contribution >= 0.6 is 11.3 Å². The van der Waals surface area contributed by atoms with Crippen LogP contribution in [0.4, 0.5) is 10.8 Å². The van der Waals surface area contributed by atoms with E-state index in [1.54, 1.807) is 12.4 Å². The van der Waals surface area contributed by atoms with Crippen LogP contribution in [0.3, 0.4) is 0 Å². The van der Waals surface area contributed by atoms with E-state index in [0.717, 1.165) is 22.1 Å². The van der Waals surface area contributed by atoms with E-state index >= 15 is 0 Å². The molecule has 5 nitrogen and oxygen atoms in total. The van der Waals surface area contributed by atoms with Gasteiger partial charge in [0.05, 0.1) is 31.1 Å². The Morgan fingerprint density at radius 1 is 1.47 bits per heavy atom. The Hall–Kier alpha value is -1.95. The van der Waals surface area contributed by atoms with Gasteiger partial charge in [0.1, 0.15) is 0 Å². The number of aryl methyl sites for hydroxylation is 2. The predicted octanol–water partition coefficient (Wildman–Crippen LogP) is 2.70. The number of esters is 1. The van der Waals surface area contributed by atoms with Gasteiger partial charge in [0.15, 0.2) is 5.13 Å². The van der Waals surface area contributed by atoms with Crippen LogP contribution in [-0.4, -0.2) is 23.0 Å². The number of pyridine rings is 1. The highest BCUT2D eigenvalue weighted by Crippen LogP contribution is 2.21. The molecule has 0 atom stereocenters. The van der Waals surface area contributed by atoms with Crippen LogP contribution in [0.25, 0.3) is 0 Å². The zero-order valence-electron chi connectivity index (χ0n) is 10.8. The highest BCUT2D eigenvalue weighted by atomic mass is 32.1. The molecule has 2 heterocycles. The van der Waals surface area contributed by atoms with E-state index in [4.69, 9.17) is 0 Å². The van der Waals surface area contributed by atoms with Crippen molar-refractivity contribution in [2.45, 2.75) is 19.8 Å². The summed E-state index contributed by atoms with van der Waals surface area (Å²) in [4.78, 5) is 19.6. The molecule has 0 unspecified atom stereocenters. The highest BCUT2D eigenvalue weighted by Gasteiger charge is 2.06. The zero-order valence-corrected chi connectivity index (χ0v) is 11.7. The maximum atomic E-state index is 11.0. The standard InChI is InChI=1S/C13H15N3O2S/c1-9-5-11(7-14-6-9)16-13-15-10(8-19-13)3-4-12(17)18-2/h5-8H,3-4H2,1-2H3,(H,15,16). The van der Waals surface area contributed by atoms with Crippen molar-refractivity contribution in [2.75, 3.05) is 12.4 Å². The van der Waals surface area contributed by atoms with Gasteiger partial charge in [0.2, 0.25) is 0 Å². The lowest BCUT2D eigenvalue weighted by Gasteiger charge is -2.02. The number of rotatable bonds is 5. The third-order valence-corrected chi connectivity index (χ3v) is 3.30. The SMILES string of the molecule is COC(=O)CCc1csc(Nc2cncc(C)c2)n1. The van der Waals surface area contributed by atoms with E-state index in [0.29, 0.717) is 12.8 Å². The van der Waals surface area contributed by atoms with Crippen LogP contribution in [0, 0.1) is 6.92 Å². The fourth-order valence-electron chi connectivity index (χ4n) is 1.56. The Morgan fingerprint density at radius 2 is 2.32 bits per heavy atom. The second kappa shape index (κ2) is 6.29. The van der Waals surface area contributed by atoms with Crippen molar-refractivity contribution < 1.29 is 9.53 Å². The Bertz CT molecular complexity index is 569. The molecule has 0 fully saturated rings. The van der Waals surface area contributed by atoms with Gasteiger partial charge in [-0.15, -0.1) is 11.3 Å². The quantitative estimate of drug-likeness (QED) is 0.851. The number of ether oxygens (including phenoxy) is 1. The Labute approximate surface area is 115 Å². The molecule has 0 aliphatic rings. The first-order valence-electron chi connectivity index (χ1n) is 5.87. The maximum absolute atomic E-state index is 11.0. The summed E-state index contributed by atoms with van der Waals surface area (Å²) in [6.45, 7) is 1.99. The van der Waals surface area contributed by atoms with Crippen LogP contribution in [-0.2, 0) is 16.0 Å². The molecule has 19 heavy (non-hydrogen) atoms. The average Bonchev–Trinajstić information content (AvgIpc) is 2.83. The van der Waals surface area contributed by atoms with Gasteiger partial charge in [-0.2, -0.15) is 0 Å². The minimum atomic E-state index is -0.217. The molecule has 100 valence electrons. The maximum Gasteiger partial charge on any atom is 0.305 e. The molecule has 0 saturated carbocycles. The summed E-state index contributed by atoms with van der Waals surface area (Å²) in [6, 6.07) is 2.00. The normalized spacial score (nSPS) is 10.2. The van der Waals surface area contributed by atoms with E-state index in [9.17, 15) is 4.79 Å². The largest absolute Gasteiger partial charge is 0.469 e. The van der Waals surface area contributed by atoms with E-state index in [1.165, 1.54) is 18.4 Å². The zero-order chi connectivity index (χ0) is 13.7. The van der Waals surface area contributed by atoms with Gasteiger partial charge >= 0.3 is 5.97 Å². The molecule has 6 heteroatoms. The monoisotopic (exact) mass is 277 g/mol. The van der Waals surface area contributed by atoms with Crippen LogP contribution in [0.15, 0.2) is 23.8 Å². The molecule has 0 radical (unpaired) electrons. The second-order valence-corrected chi connectivity index (χ2v) is 4.95. The molecule has 0 aliphatic heterocycles. The first-order chi connectivity index (χ1) is 9.17. The summed E-state index contributed by atoms with van der Waals surface area (Å²) in [5, 5.41) is 5.93. The molecular formula is C13H15N3O2S. The van der Waals surface area contributed by atoms with Crippen molar-refractivity contribution >= 4 is 28.1 Å². The Balaban J connectivity index is 1.95. The van der Waals surface area contributed by atoms with Gasteiger partial charge in [-0.25, -0.2) is 4.98 Å². The third-order valence-electron chi connectivity index (χ3n) is 2.49. The van der Waals surface area contributed by atoms with E-state index < -0.39 is 0 Å². The summed E-state index contributed by atoms with van der Waals surface area (Å²) in [5.41, 5.74) is 2.89. The van der Waals surface area contributed by atoms with Crippen LogP contribution in [0.1, 0.15) is 17.7 Å². The summed E-state index contributed by atoms with van der Waals surface area (Å²) in [6.07, 6.45) is 4.50. The first kappa shape index (κ1) is 13.5. The molecule has 2 aromatic heterocycles. The Morgan fingerprint density at radius 3 is 3.05 bits per heavy atom.